The van der Waals surface area contributed by atoms with Crippen molar-refractivity contribution >= 4 is 0 Å². The van der Waals surface area contributed by atoms with Gasteiger partial charge in [-0.05, 0) is 38.1 Å². The Morgan fingerprint density at radius 2 is 1.94 bits per heavy atom. The second-order valence-corrected chi connectivity index (χ2v) is 4.82. The van der Waals surface area contributed by atoms with Crippen LogP contribution in [0.4, 0.5) is 0 Å². The van der Waals surface area contributed by atoms with E-state index < -0.39 is 0 Å². The molecule has 4 heteroatoms. The molecular weight excluding hydrogens is 224 g/mol. The van der Waals surface area contributed by atoms with Gasteiger partial charge in [-0.2, -0.15) is 0 Å². The van der Waals surface area contributed by atoms with Crippen LogP contribution in [0, 0.1) is 0 Å². The SMILES string of the molecule is Cn1c(-c2ccncc2)cnc1C1CCNCC1. The van der Waals surface area contributed by atoms with Crippen LogP contribution in [0.2, 0.25) is 0 Å². The molecule has 1 fully saturated rings. The number of hydrogen-bond donors (Lipinski definition) is 1. The Labute approximate surface area is 107 Å². The van der Waals surface area contributed by atoms with Crippen molar-refractivity contribution in [3.05, 3.63) is 36.5 Å². The third kappa shape index (κ3) is 2.04. The van der Waals surface area contributed by atoms with Gasteiger partial charge in [-0.3, -0.25) is 4.98 Å². The Hall–Kier alpha value is -1.68. The van der Waals surface area contributed by atoms with E-state index in [1.807, 2.05) is 30.7 Å². The Kier molecular flexibility index (Phi) is 3.11. The molecule has 4 nitrogen and oxygen atoms in total. The quantitative estimate of drug-likeness (QED) is 0.875. The molecule has 3 heterocycles. The first-order valence-electron chi connectivity index (χ1n) is 6.49. The predicted molar refractivity (Wildman–Crippen MR) is 71.3 cm³/mol. The molecule has 0 unspecified atom stereocenters. The van der Waals surface area contributed by atoms with Gasteiger partial charge in [-0.1, -0.05) is 0 Å². The first-order valence-corrected chi connectivity index (χ1v) is 6.49. The van der Waals surface area contributed by atoms with Gasteiger partial charge in [0.25, 0.3) is 0 Å². The summed E-state index contributed by atoms with van der Waals surface area (Å²) in [6.07, 6.45) is 7.99. The first kappa shape index (κ1) is 11.4. The molecule has 1 aliphatic rings. The van der Waals surface area contributed by atoms with Crippen LogP contribution < -0.4 is 5.32 Å². The van der Waals surface area contributed by atoms with Crippen LogP contribution in [0.15, 0.2) is 30.7 Å². The lowest BCUT2D eigenvalue weighted by atomic mass is 9.97. The first-order chi connectivity index (χ1) is 8.86. The zero-order valence-corrected chi connectivity index (χ0v) is 10.6. The van der Waals surface area contributed by atoms with Gasteiger partial charge in [0.2, 0.25) is 0 Å². The summed E-state index contributed by atoms with van der Waals surface area (Å²) in [6.45, 7) is 2.20. The lowest BCUT2D eigenvalue weighted by molar-refractivity contribution is 0.437. The van der Waals surface area contributed by atoms with Crippen molar-refractivity contribution in [1.82, 2.24) is 19.9 Å². The molecule has 0 saturated carbocycles. The van der Waals surface area contributed by atoms with Crippen molar-refractivity contribution in [2.24, 2.45) is 7.05 Å². The summed E-state index contributed by atoms with van der Waals surface area (Å²) in [4.78, 5) is 8.69. The summed E-state index contributed by atoms with van der Waals surface area (Å²) in [6, 6.07) is 4.06. The van der Waals surface area contributed by atoms with Gasteiger partial charge >= 0.3 is 0 Å². The molecule has 0 aliphatic carbocycles. The van der Waals surface area contributed by atoms with Gasteiger partial charge < -0.3 is 9.88 Å². The topological polar surface area (TPSA) is 42.7 Å². The van der Waals surface area contributed by atoms with E-state index in [1.165, 1.54) is 29.9 Å². The maximum Gasteiger partial charge on any atom is 0.112 e. The van der Waals surface area contributed by atoms with Gasteiger partial charge in [0.05, 0.1) is 11.9 Å². The highest BCUT2D eigenvalue weighted by atomic mass is 15.1. The molecule has 0 radical (unpaired) electrons. The molecule has 0 spiro atoms. The number of imidazole rings is 1. The summed E-state index contributed by atoms with van der Waals surface area (Å²) in [7, 11) is 2.11. The van der Waals surface area contributed by atoms with E-state index in [-0.39, 0.29) is 0 Å². The lowest BCUT2D eigenvalue weighted by Gasteiger charge is -2.22. The van der Waals surface area contributed by atoms with Crippen LogP contribution in [0.3, 0.4) is 0 Å². The van der Waals surface area contributed by atoms with Crippen molar-refractivity contribution < 1.29 is 0 Å². The van der Waals surface area contributed by atoms with Crippen LogP contribution in [0.5, 0.6) is 0 Å². The number of hydrogen-bond acceptors (Lipinski definition) is 3. The zero-order valence-electron chi connectivity index (χ0n) is 10.6. The molecular formula is C14H18N4. The zero-order chi connectivity index (χ0) is 12.4. The lowest BCUT2D eigenvalue weighted by Crippen LogP contribution is -2.27. The van der Waals surface area contributed by atoms with Gasteiger partial charge in [0, 0.05) is 30.9 Å². The minimum absolute atomic E-state index is 0.590. The summed E-state index contributed by atoms with van der Waals surface area (Å²) in [5.41, 5.74) is 2.35. The molecule has 2 aromatic rings. The number of nitrogens with one attached hydrogen (secondary N) is 1. The fourth-order valence-corrected chi connectivity index (χ4v) is 2.67. The van der Waals surface area contributed by atoms with Gasteiger partial charge in [-0.15, -0.1) is 0 Å². The highest BCUT2D eigenvalue weighted by Crippen LogP contribution is 2.27. The Morgan fingerprint density at radius 3 is 2.67 bits per heavy atom. The normalized spacial score (nSPS) is 16.9. The molecule has 0 atom stereocenters. The van der Waals surface area contributed by atoms with Gasteiger partial charge in [0.15, 0.2) is 0 Å². The highest BCUT2D eigenvalue weighted by molar-refractivity contribution is 5.58. The Bertz CT molecular complexity index is 512. The van der Waals surface area contributed by atoms with Crippen molar-refractivity contribution in [2.75, 3.05) is 13.1 Å². The summed E-state index contributed by atoms with van der Waals surface area (Å²) in [5, 5.41) is 3.40. The Morgan fingerprint density at radius 1 is 1.22 bits per heavy atom. The fraction of sp³-hybridized carbons (Fsp3) is 0.429. The van der Waals surface area contributed by atoms with E-state index in [2.05, 4.69) is 26.9 Å². The molecule has 94 valence electrons. The van der Waals surface area contributed by atoms with Crippen LogP contribution >= 0.6 is 0 Å². The highest BCUT2D eigenvalue weighted by Gasteiger charge is 2.20. The van der Waals surface area contributed by atoms with Crippen molar-refractivity contribution in [2.45, 2.75) is 18.8 Å². The average Bonchev–Trinajstić information content (AvgIpc) is 2.83. The number of nitrogens with zero attached hydrogens (tertiary/aromatic N) is 3. The van der Waals surface area contributed by atoms with E-state index in [9.17, 15) is 0 Å². The molecule has 2 aromatic heterocycles. The van der Waals surface area contributed by atoms with Crippen molar-refractivity contribution in [3.63, 3.8) is 0 Å². The fourth-order valence-electron chi connectivity index (χ4n) is 2.67. The van der Waals surface area contributed by atoms with E-state index in [4.69, 9.17) is 0 Å². The second kappa shape index (κ2) is 4.90. The average molecular weight is 242 g/mol. The second-order valence-electron chi connectivity index (χ2n) is 4.82. The minimum atomic E-state index is 0.590. The molecule has 0 bridgehead atoms. The van der Waals surface area contributed by atoms with Crippen LogP contribution in [0.1, 0.15) is 24.6 Å². The third-order valence-electron chi connectivity index (χ3n) is 3.70. The summed E-state index contributed by atoms with van der Waals surface area (Å²) < 4.78 is 2.23. The van der Waals surface area contributed by atoms with E-state index in [0.29, 0.717) is 5.92 Å². The molecule has 0 amide bonds. The Balaban J connectivity index is 1.92. The van der Waals surface area contributed by atoms with E-state index in [1.54, 1.807) is 0 Å². The maximum atomic E-state index is 4.63. The van der Waals surface area contributed by atoms with Gasteiger partial charge in [0.1, 0.15) is 5.82 Å². The van der Waals surface area contributed by atoms with E-state index >= 15 is 0 Å². The maximum absolute atomic E-state index is 4.63. The predicted octanol–water partition coefficient (Wildman–Crippen LogP) is 1.95. The number of pyridine rings is 1. The number of piperidine rings is 1. The molecule has 1 aliphatic heterocycles. The van der Waals surface area contributed by atoms with Crippen molar-refractivity contribution in [3.8, 4) is 11.3 Å². The largest absolute Gasteiger partial charge is 0.331 e. The minimum Gasteiger partial charge on any atom is -0.331 e. The van der Waals surface area contributed by atoms with Crippen molar-refractivity contribution in [1.29, 1.82) is 0 Å². The molecule has 18 heavy (non-hydrogen) atoms. The molecule has 0 aromatic carbocycles. The smallest absolute Gasteiger partial charge is 0.112 e. The summed E-state index contributed by atoms with van der Waals surface area (Å²) in [5.74, 6) is 1.80. The standard InChI is InChI=1S/C14H18N4/c1-18-13(11-2-6-15-7-3-11)10-17-14(18)12-4-8-16-9-5-12/h2-3,6-7,10,12,16H,4-5,8-9H2,1H3. The number of rotatable bonds is 2. The number of aromatic nitrogens is 3. The van der Waals surface area contributed by atoms with Crippen LogP contribution in [-0.2, 0) is 7.05 Å². The molecule has 3 rings (SSSR count). The van der Waals surface area contributed by atoms with Gasteiger partial charge in [-0.25, -0.2) is 4.98 Å². The molecule has 1 N–H and O–H groups in total. The van der Waals surface area contributed by atoms with Crippen LogP contribution in [0.25, 0.3) is 11.3 Å². The monoisotopic (exact) mass is 242 g/mol. The molecule has 1 saturated heterocycles. The van der Waals surface area contributed by atoms with Crippen LogP contribution in [-0.4, -0.2) is 27.6 Å². The van der Waals surface area contributed by atoms with E-state index in [0.717, 1.165) is 13.1 Å². The summed E-state index contributed by atoms with van der Waals surface area (Å²) >= 11 is 0. The third-order valence-corrected chi connectivity index (χ3v) is 3.70.